The molecule has 0 radical (unpaired) electrons. The van der Waals surface area contributed by atoms with Crippen molar-refractivity contribution < 1.29 is 17.6 Å². The largest absolute Gasteiger partial charge is 0.416 e. The van der Waals surface area contributed by atoms with Crippen molar-refractivity contribution in [1.82, 2.24) is 0 Å². The number of hydrogen-bond donors (Lipinski definition) is 1. The van der Waals surface area contributed by atoms with Crippen LogP contribution in [0.15, 0.2) is 42.5 Å². The molecule has 0 saturated heterocycles. The minimum Gasteiger partial charge on any atom is -0.381 e. The molecular weight excluding hydrogens is 270 g/mol. The van der Waals surface area contributed by atoms with E-state index in [4.69, 9.17) is 0 Å². The van der Waals surface area contributed by atoms with Crippen LogP contribution in [0.4, 0.5) is 23.2 Å². The van der Waals surface area contributed by atoms with Crippen LogP contribution in [0.2, 0.25) is 0 Å². The number of benzene rings is 2. The summed E-state index contributed by atoms with van der Waals surface area (Å²) in [6.07, 6.45) is -4.56. The quantitative estimate of drug-likeness (QED) is 0.800. The zero-order valence-electron chi connectivity index (χ0n) is 10.8. The predicted octanol–water partition coefficient (Wildman–Crippen LogP) is 4.77. The zero-order chi connectivity index (χ0) is 14.8. The van der Waals surface area contributed by atoms with Gasteiger partial charge in [0.1, 0.15) is 5.82 Å². The van der Waals surface area contributed by atoms with Gasteiger partial charge in [-0.25, -0.2) is 4.39 Å². The van der Waals surface area contributed by atoms with Gasteiger partial charge >= 0.3 is 6.18 Å². The van der Waals surface area contributed by atoms with Crippen molar-refractivity contribution in [2.75, 3.05) is 5.32 Å². The molecule has 5 heteroatoms. The fourth-order valence-corrected chi connectivity index (χ4v) is 1.93. The highest BCUT2D eigenvalue weighted by Gasteiger charge is 2.33. The molecule has 0 saturated carbocycles. The van der Waals surface area contributed by atoms with Crippen LogP contribution >= 0.6 is 0 Å². The molecule has 106 valence electrons. The van der Waals surface area contributed by atoms with Gasteiger partial charge in [0.2, 0.25) is 0 Å². The van der Waals surface area contributed by atoms with Crippen molar-refractivity contribution >= 4 is 5.69 Å². The van der Waals surface area contributed by atoms with Crippen molar-refractivity contribution in [3.8, 4) is 0 Å². The summed E-state index contributed by atoms with van der Waals surface area (Å²) in [4.78, 5) is 0. The lowest BCUT2D eigenvalue weighted by Gasteiger charge is -2.15. The van der Waals surface area contributed by atoms with Crippen LogP contribution in [-0.4, -0.2) is 0 Å². The van der Waals surface area contributed by atoms with E-state index in [1.54, 1.807) is 12.1 Å². The van der Waals surface area contributed by atoms with E-state index in [2.05, 4.69) is 5.32 Å². The molecule has 0 heterocycles. The molecule has 20 heavy (non-hydrogen) atoms. The molecule has 0 spiro atoms. The standard InChI is InChI=1S/C15H13F4N/c1-10-4-2-3-5-14(10)20-9-11-6-7-12(16)8-13(11)15(17,18)19/h2-8,20H,9H2,1H3. The van der Waals surface area contributed by atoms with Crippen molar-refractivity contribution in [2.24, 2.45) is 0 Å². The van der Waals surface area contributed by atoms with Gasteiger partial charge in [-0.2, -0.15) is 13.2 Å². The van der Waals surface area contributed by atoms with E-state index in [1.165, 1.54) is 0 Å². The van der Waals surface area contributed by atoms with Gasteiger partial charge in [0, 0.05) is 12.2 Å². The van der Waals surface area contributed by atoms with Crippen LogP contribution in [0.1, 0.15) is 16.7 Å². The van der Waals surface area contributed by atoms with Gasteiger partial charge in [-0.15, -0.1) is 0 Å². The maximum Gasteiger partial charge on any atom is 0.416 e. The van der Waals surface area contributed by atoms with Crippen molar-refractivity contribution in [1.29, 1.82) is 0 Å². The molecule has 0 fully saturated rings. The Morgan fingerprint density at radius 3 is 2.40 bits per heavy atom. The number of aryl methyl sites for hydroxylation is 1. The van der Waals surface area contributed by atoms with Gasteiger partial charge < -0.3 is 5.32 Å². The molecule has 1 nitrogen and oxygen atoms in total. The summed E-state index contributed by atoms with van der Waals surface area (Å²) in [5, 5.41) is 2.94. The highest BCUT2D eigenvalue weighted by atomic mass is 19.4. The van der Waals surface area contributed by atoms with E-state index >= 15 is 0 Å². The van der Waals surface area contributed by atoms with Crippen LogP contribution in [0, 0.1) is 12.7 Å². The molecule has 0 aliphatic heterocycles. The average molecular weight is 283 g/mol. The number of nitrogens with one attached hydrogen (secondary N) is 1. The van der Waals surface area contributed by atoms with E-state index < -0.39 is 17.6 Å². The van der Waals surface area contributed by atoms with Gasteiger partial charge in [-0.05, 0) is 36.2 Å². The minimum absolute atomic E-state index is 0.0139. The number of hydrogen-bond acceptors (Lipinski definition) is 1. The lowest BCUT2D eigenvalue weighted by Crippen LogP contribution is -2.12. The molecule has 2 aromatic carbocycles. The topological polar surface area (TPSA) is 12.0 Å². The summed E-state index contributed by atoms with van der Waals surface area (Å²) in [7, 11) is 0. The van der Waals surface area contributed by atoms with Crippen LogP contribution in [0.25, 0.3) is 0 Å². The Balaban J connectivity index is 2.24. The molecule has 1 N–H and O–H groups in total. The fraction of sp³-hybridized carbons (Fsp3) is 0.200. The van der Waals surface area contributed by atoms with Gasteiger partial charge in [0.25, 0.3) is 0 Å². The number of anilines is 1. The van der Waals surface area contributed by atoms with Gasteiger partial charge in [-0.3, -0.25) is 0 Å². The van der Waals surface area contributed by atoms with E-state index in [9.17, 15) is 17.6 Å². The SMILES string of the molecule is Cc1ccccc1NCc1ccc(F)cc1C(F)(F)F. The Morgan fingerprint density at radius 1 is 1.05 bits per heavy atom. The molecule has 0 aliphatic rings. The predicted molar refractivity (Wildman–Crippen MR) is 69.9 cm³/mol. The monoisotopic (exact) mass is 283 g/mol. The number of halogens is 4. The lowest BCUT2D eigenvalue weighted by molar-refractivity contribution is -0.138. The van der Waals surface area contributed by atoms with Crippen molar-refractivity contribution in [2.45, 2.75) is 19.6 Å². The highest BCUT2D eigenvalue weighted by molar-refractivity contribution is 5.51. The van der Waals surface area contributed by atoms with Gasteiger partial charge in [-0.1, -0.05) is 24.3 Å². The minimum atomic E-state index is -4.56. The summed E-state index contributed by atoms with van der Waals surface area (Å²) >= 11 is 0. The molecule has 0 aliphatic carbocycles. The Morgan fingerprint density at radius 2 is 1.75 bits per heavy atom. The van der Waals surface area contributed by atoms with Crippen LogP contribution in [0.3, 0.4) is 0 Å². The van der Waals surface area contributed by atoms with Gasteiger partial charge in [0.05, 0.1) is 5.56 Å². The van der Waals surface area contributed by atoms with E-state index in [0.717, 1.165) is 23.4 Å². The smallest absolute Gasteiger partial charge is 0.381 e. The second-order valence-corrected chi connectivity index (χ2v) is 4.47. The third-order valence-corrected chi connectivity index (χ3v) is 2.99. The molecule has 0 amide bonds. The molecule has 0 bridgehead atoms. The molecule has 2 rings (SSSR count). The second-order valence-electron chi connectivity index (χ2n) is 4.47. The number of alkyl halides is 3. The Hall–Kier alpha value is -2.04. The Bertz CT molecular complexity index is 605. The summed E-state index contributed by atoms with van der Waals surface area (Å²) in [5.41, 5.74) is 0.758. The Labute approximate surface area is 114 Å². The molecule has 0 atom stereocenters. The van der Waals surface area contributed by atoms with Crippen molar-refractivity contribution in [3.63, 3.8) is 0 Å². The molecular formula is C15H13F4N. The first-order valence-corrected chi connectivity index (χ1v) is 6.03. The van der Waals surface area contributed by atoms with Gasteiger partial charge in [0.15, 0.2) is 0 Å². The molecule has 0 aromatic heterocycles. The van der Waals surface area contributed by atoms with Crippen LogP contribution in [0.5, 0.6) is 0 Å². The summed E-state index contributed by atoms with van der Waals surface area (Å²) < 4.78 is 51.5. The third-order valence-electron chi connectivity index (χ3n) is 2.99. The maximum atomic E-state index is 13.0. The first kappa shape index (κ1) is 14.4. The maximum absolute atomic E-state index is 13.0. The normalized spacial score (nSPS) is 11.4. The second kappa shape index (κ2) is 5.53. The zero-order valence-corrected chi connectivity index (χ0v) is 10.8. The first-order valence-electron chi connectivity index (χ1n) is 6.03. The van der Waals surface area contributed by atoms with Crippen LogP contribution in [-0.2, 0) is 12.7 Å². The van der Waals surface area contributed by atoms with E-state index in [-0.39, 0.29) is 12.1 Å². The van der Waals surface area contributed by atoms with Crippen molar-refractivity contribution in [3.05, 3.63) is 65.0 Å². The Kier molecular flexibility index (Phi) is 3.97. The summed E-state index contributed by atoms with van der Waals surface area (Å²) in [5.74, 6) is -0.892. The number of rotatable bonds is 3. The summed E-state index contributed by atoms with van der Waals surface area (Å²) in [6.45, 7) is 1.84. The first-order chi connectivity index (χ1) is 9.38. The average Bonchev–Trinajstić information content (AvgIpc) is 2.38. The third kappa shape index (κ3) is 3.29. The van der Waals surface area contributed by atoms with E-state index in [0.29, 0.717) is 6.07 Å². The highest BCUT2D eigenvalue weighted by Crippen LogP contribution is 2.33. The van der Waals surface area contributed by atoms with E-state index in [1.807, 2.05) is 19.1 Å². The summed E-state index contributed by atoms with van der Waals surface area (Å²) in [6, 6.07) is 10.00. The molecule has 0 unspecified atom stereocenters. The van der Waals surface area contributed by atoms with Crippen LogP contribution < -0.4 is 5.32 Å². The number of para-hydroxylation sites is 1. The fourth-order valence-electron chi connectivity index (χ4n) is 1.93. The lowest BCUT2D eigenvalue weighted by atomic mass is 10.1. The molecule has 2 aromatic rings.